The molecule has 2 nitrogen and oxygen atoms in total. The molecule has 0 radical (unpaired) electrons. The highest BCUT2D eigenvalue weighted by Crippen LogP contribution is 2.26. The molecule has 1 aromatic heterocycles. The van der Waals surface area contributed by atoms with Gasteiger partial charge in [0.25, 0.3) is 0 Å². The Morgan fingerprint density at radius 3 is 2.62 bits per heavy atom. The van der Waals surface area contributed by atoms with Crippen LogP contribution in [0.15, 0.2) is 29.6 Å². The third-order valence-corrected chi connectivity index (χ3v) is 4.80. The van der Waals surface area contributed by atoms with Crippen molar-refractivity contribution in [2.75, 3.05) is 6.61 Å². The molecule has 1 saturated carbocycles. The maximum absolute atomic E-state index is 6.02. The highest BCUT2D eigenvalue weighted by Gasteiger charge is 2.20. The van der Waals surface area contributed by atoms with E-state index >= 15 is 0 Å². The van der Waals surface area contributed by atoms with Gasteiger partial charge in [0.15, 0.2) is 0 Å². The van der Waals surface area contributed by atoms with Gasteiger partial charge < -0.3 is 10.1 Å². The summed E-state index contributed by atoms with van der Waals surface area (Å²) in [5, 5.41) is 5.69. The van der Waals surface area contributed by atoms with Gasteiger partial charge in [0.1, 0.15) is 5.75 Å². The van der Waals surface area contributed by atoms with E-state index in [0.29, 0.717) is 0 Å². The molecule has 0 spiro atoms. The Bertz CT molecular complexity index is 564. The Balaban J connectivity index is 1.58. The molecule has 3 heteroatoms. The normalized spacial score (nSPS) is 14.4. The van der Waals surface area contributed by atoms with Crippen LogP contribution < -0.4 is 10.1 Å². The van der Waals surface area contributed by atoms with Crippen LogP contribution in [0.3, 0.4) is 0 Å². The van der Waals surface area contributed by atoms with E-state index in [-0.39, 0.29) is 0 Å². The fraction of sp³-hybridized carbons (Fsp3) is 0.444. The molecule has 1 heterocycles. The third kappa shape index (κ3) is 4.08. The van der Waals surface area contributed by atoms with Gasteiger partial charge in [-0.25, -0.2) is 0 Å². The number of hydrogen-bond donors (Lipinski definition) is 1. The van der Waals surface area contributed by atoms with Gasteiger partial charge in [-0.1, -0.05) is 18.2 Å². The monoisotopic (exact) mass is 301 g/mol. The van der Waals surface area contributed by atoms with Crippen LogP contribution in [0.2, 0.25) is 0 Å². The summed E-state index contributed by atoms with van der Waals surface area (Å²) < 4.78 is 6.02. The second-order valence-electron chi connectivity index (χ2n) is 5.89. The lowest BCUT2D eigenvalue weighted by molar-refractivity contribution is 0.318. The van der Waals surface area contributed by atoms with Crippen LogP contribution in [0.25, 0.3) is 0 Å². The molecular formula is C18H23NOS. The molecule has 1 fully saturated rings. The highest BCUT2D eigenvalue weighted by atomic mass is 32.1. The molecule has 0 atom stereocenters. The summed E-state index contributed by atoms with van der Waals surface area (Å²) in [6, 6.07) is 9.52. The number of nitrogens with one attached hydrogen (secondary N) is 1. The van der Waals surface area contributed by atoms with Crippen LogP contribution in [-0.2, 0) is 13.0 Å². The van der Waals surface area contributed by atoms with Gasteiger partial charge in [0.05, 0.1) is 6.61 Å². The molecule has 21 heavy (non-hydrogen) atoms. The number of rotatable bonds is 7. The van der Waals surface area contributed by atoms with Gasteiger partial charge in [-0.15, -0.1) is 11.3 Å². The average Bonchev–Trinajstić information content (AvgIpc) is 3.14. The van der Waals surface area contributed by atoms with Crippen molar-refractivity contribution in [3.05, 3.63) is 51.2 Å². The molecule has 2 aromatic rings. The molecule has 0 bridgehead atoms. The molecule has 3 rings (SSSR count). The smallest absolute Gasteiger partial charge is 0.125 e. The van der Waals surface area contributed by atoms with Gasteiger partial charge >= 0.3 is 0 Å². The van der Waals surface area contributed by atoms with Crippen molar-refractivity contribution in [1.82, 2.24) is 5.32 Å². The van der Waals surface area contributed by atoms with Crippen LogP contribution in [0.1, 0.15) is 34.4 Å². The number of benzene rings is 1. The van der Waals surface area contributed by atoms with Gasteiger partial charge in [0.2, 0.25) is 0 Å². The number of thiophene rings is 1. The zero-order valence-corrected chi connectivity index (χ0v) is 13.6. The summed E-state index contributed by atoms with van der Waals surface area (Å²) in [6.45, 7) is 6.02. The SMILES string of the molecule is Cc1cc(CNC2CC2)cc(C)c1OCCc1cccs1. The lowest BCUT2D eigenvalue weighted by atomic mass is 10.1. The quantitative estimate of drug-likeness (QED) is 0.826. The average molecular weight is 301 g/mol. The molecule has 1 aliphatic rings. The summed E-state index contributed by atoms with van der Waals surface area (Å²) in [4.78, 5) is 1.38. The van der Waals surface area contributed by atoms with Gasteiger partial charge in [-0.3, -0.25) is 0 Å². The second-order valence-corrected chi connectivity index (χ2v) is 6.92. The van der Waals surface area contributed by atoms with Crippen molar-refractivity contribution in [3.63, 3.8) is 0 Å². The maximum Gasteiger partial charge on any atom is 0.125 e. The predicted molar refractivity (Wildman–Crippen MR) is 89.3 cm³/mol. The van der Waals surface area contributed by atoms with E-state index in [1.807, 2.05) is 0 Å². The first kappa shape index (κ1) is 14.6. The summed E-state index contributed by atoms with van der Waals surface area (Å²) >= 11 is 1.80. The molecular weight excluding hydrogens is 278 g/mol. The minimum atomic E-state index is 0.752. The van der Waals surface area contributed by atoms with Crippen molar-refractivity contribution >= 4 is 11.3 Å². The molecule has 1 aliphatic carbocycles. The van der Waals surface area contributed by atoms with Gasteiger partial charge in [-0.05, 0) is 54.8 Å². The van der Waals surface area contributed by atoms with E-state index in [4.69, 9.17) is 4.74 Å². The Labute approximate surface area is 131 Å². The molecule has 1 N–H and O–H groups in total. The largest absolute Gasteiger partial charge is 0.493 e. The van der Waals surface area contributed by atoms with E-state index in [1.165, 1.54) is 34.4 Å². The second kappa shape index (κ2) is 6.63. The summed E-state index contributed by atoms with van der Waals surface area (Å²) in [7, 11) is 0. The fourth-order valence-corrected chi connectivity index (χ4v) is 3.32. The molecule has 112 valence electrons. The van der Waals surface area contributed by atoms with Gasteiger partial charge in [0, 0.05) is 23.9 Å². The first-order valence-corrected chi connectivity index (χ1v) is 8.59. The number of aryl methyl sites for hydroxylation is 2. The van der Waals surface area contributed by atoms with Crippen molar-refractivity contribution in [3.8, 4) is 5.75 Å². The first-order valence-electron chi connectivity index (χ1n) is 7.71. The van der Waals surface area contributed by atoms with E-state index < -0.39 is 0 Å². The standard InChI is InChI=1S/C18H23NOS/c1-13-10-15(12-19-16-5-6-16)11-14(2)18(13)20-8-7-17-4-3-9-21-17/h3-4,9-11,16,19H,5-8,12H2,1-2H3. The molecule has 0 saturated heterocycles. The lowest BCUT2D eigenvalue weighted by Gasteiger charge is -2.14. The van der Waals surface area contributed by atoms with E-state index in [0.717, 1.165) is 31.4 Å². The summed E-state index contributed by atoms with van der Waals surface area (Å²) in [5.41, 5.74) is 3.85. The minimum Gasteiger partial charge on any atom is -0.493 e. The predicted octanol–water partition coefficient (Wildman–Crippen LogP) is 4.24. The Morgan fingerprint density at radius 2 is 2.00 bits per heavy atom. The van der Waals surface area contributed by atoms with E-state index in [9.17, 15) is 0 Å². The van der Waals surface area contributed by atoms with Crippen LogP contribution in [0.5, 0.6) is 5.75 Å². The van der Waals surface area contributed by atoms with Crippen molar-refractivity contribution in [2.45, 2.75) is 45.7 Å². The molecule has 0 aliphatic heterocycles. The van der Waals surface area contributed by atoms with Crippen LogP contribution in [0, 0.1) is 13.8 Å². The summed E-state index contributed by atoms with van der Waals surface area (Å²) in [5.74, 6) is 1.06. The van der Waals surface area contributed by atoms with Crippen molar-refractivity contribution < 1.29 is 4.74 Å². The highest BCUT2D eigenvalue weighted by molar-refractivity contribution is 7.09. The third-order valence-electron chi connectivity index (χ3n) is 3.87. The van der Waals surface area contributed by atoms with Crippen molar-refractivity contribution in [1.29, 1.82) is 0 Å². The topological polar surface area (TPSA) is 21.3 Å². The van der Waals surface area contributed by atoms with Crippen LogP contribution in [0.4, 0.5) is 0 Å². The number of ether oxygens (including phenoxy) is 1. The zero-order valence-electron chi connectivity index (χ0n) is 12.8. The van der Waals surface area contributed by atoms with E-state index in [1.54, 1.807) is 11.3 Å². The Morgan fingerprint density at radius 1 is 1.24 bits per heavy atom. The molecule has 0 amide bonds. The minimum absolute atomic E-state index is 0.752. The Kier molecular flexibility index (Phi) is 4.61. The zero-order chi connectivity index (χ0) is 14.7. The van der Waals surface area contributed by atoms with Crippen LogP contribution in [-0.4, -0.2) is 12.6 Å². The maximum atomic E-state index is 6.02. The van der Waals surface area contributed by atoms with Gasteiger partial charge in [-0.2, -0.15) is 0 Å². The number of hydrogen-bond acceptors (Lipinski definition) is 3. The van der Waals surface area contributed by atoms with Crippen LogP contribution >= 0.6 is 11.3 Å². The van der Waals surface area contributed by atoms with E-state index in [2.05, 4.69) is 48.8 Å². The fourth-order valence-electron chi connectivity index (χ4n) is 2.63. The molecule has 0 unspecified atom stereocenters. The Hall–Kier alpha value is -1.32. The van der Waals surface area contributed by atoms with Crippen molar-refractivity contribution in [2.24, 2.45) is 0 Å². The molecule has 1 aromatic carbocycles. The summed E-state index contributed by atoms with van der Waals surface area (Å²) in [6.07, 6.45) is 3.66. The first-order chi connectivity index (χ1) is 10.2. The lowest BCUT2D eigenvalue weighted by Crippen LogP contribution is -2.15.